The van der Waals surface area contributed by atoms with Crippen molar-refractivity contribution in [1.29, 1.82) is 5.26 Å². The van der Waals surface area contributed by atoms with Crippen LogP contribution in [-0.2, 0) is 32.0 Å². The molecular formula is C26H24F3N5O6S. The van der Waals surface area contributed by atoms with Gasteiger partial charge >= 0.3 is 18.0 Å². The number of benzene rings is 2. The number of carbonyl (C=O) groups is 1. The first-order valence-electron chi connectivity index (χ1n) is 12.1. The zero-order valence-electron chi connectivity index (χ0n) is 22.0. The number of sulfone groups is 1. The van der Waals surface area contributed by atoms with Crippen molar-refractivity contribution in [3.05, 3.63) is 87.2 Å². The summed E-state index contributed by atoms with van der Waals surface area (Å²) >= 11 is 0. The third-order valence-corrected chi connectivity index (χ3v) is 7.31. The van der Waals surface area contributed by atoms with Gasteiger partial charge in [-0.25, -0.2) is 27.3 Å². The third-order valence-electron chi connectivity index (χ3n) is 6.28. The summed E-state index contributed by atoms with van der Waals surface area (Å²) in [6.07, 6.45) is -4.73. The average molecular weight is 592 g/mol. The lowest BCUT2D eigenvalue weighted by molar-refractivity contribution is -0.137. The Morgan fingerprint density at radius 3 is 2.44 bits per heavy atom. The van der Waals surface area contributed by atoms with Gasteiger partial charge in [-0.1, -0.05) is 18.2 Å². The number of carbonyl (C=O) groups excluding carboxylic acids is 1. The molecular weight excluding hydrogens is 567 g/mol. The van der Waals surface area contributed by atoms with Crippen LogP contribution in [0.1, 0.15) is 36.1 Å². The standard InChI is InChI=1S/C26H24F3N5O6S/c1-16-22(40-25(36)39-2)21(18-10-8-17(15-30)9-11-18)34-23(31-32(24(34)35)12-5-13-41(3,37)38)33(16)20-7-4-6-19(14-20)26(27,28)29/h4,6-11,14,21H,5,12-13H2,1-3H3/t21-/m1/s1. The van der Waals surface area contributed by atoms with Crippen LogP contribution >= 0.6 is 0 Å². The highest BCUT2D eigenvalue weighted by Gasteiger charge is 2.40. The molecule has 1 aliphatic rings. The van der Waals surface area contributed by atoms with E-state index in [-0.39, 0.29) is 41.8 Å². The molecule has 0 fully saturated rings. The molecule has 3 aromatic rings. The first-order valence-corrected chi connectivity index (χ1v) is 14.1. The molecule has 41 heavy (non-hydrogen) atoms. The molecule has 2 aromatic carbocycles. The Hall–Kier alpha value is -4.58. The maximum Gasteiger partial charge on any atom is 0.513 e. The van der Waals surface area contributed by atoms with Crippen molar-refractivity contribution >= 4 is 27.6 Å². The largest absolute Gasteiger partial charge is 0.513 e. The number of nitrogens with zero attached hydrogens (tertiary/aromatic N) is 5. The van der Waals surface area contributed by atoms with E-state index in [2.05, 4.69) is 9.84 Å². The average Bonchev–Trinajstić information content (AvgIpc) is 3.23. The van der Waals surface area contributed by atoms with Gasteiger partial charge < -0.3 is 9.47 Å². The first kappa shape index (κ1) is 29.4. The Balaban J connectivity index is 1.98. The molecule has 0 amide bonds. The van der Waals surface area contributed by atoms with Crippen LogP contribution in [0.5, 0.6) is 0 Å². The fourth-order valence-corrected chi connectivity index (χ4v) is 5.07. The zero-order valence-corrected chi connectivity index (χ0v) is 22.9. The summed E-state index contributed by atoms with van der Waals surface area (Å²) < 4.78 is 76.4. The number of halogens is 3. The van der Waals surface area contributed by atoms with Crippen LogP contribution in [0.25, 0.3) is 0 Å². The van der Waals surface area contributed by atoms with E-state index < -0.39 is 39.5 Å². The van der Waals surface area contributed by atoms with E-state index in [4.69, 9.17) is 4.74 Å². The first-order chi connectivity index (χ1) is 19.2. The van der Waals surface area contributed by atoms with E-state index in [1.807, 2.05) is 6.07 Å². The highest BCUT2D eigenvalue weighted by molar-refractivity contribution is 7.90. The third kappa shape index (κ3) is 6.12. The van der Waals surface area contributed by atoms with Gasteiger partial charge in [-0.15, -0.1) is 5.10 Å². The Morgan fingerprint density at radius 1 is 1.17 bits per heavy atom. The van der Waals surface area contributed by atoms with Gasteiger partial charge in [0.15, 0.2) is 5.76 Å². The van der Waals surface area contributed by atoms with E-state index >= 15 is 0 Å². The molecule has 0 radical (unpaired) electrons. The van der Waals surface area contributed by atoms with Gasteiger partial charge in [0.05, 0.1) is 35.8 Å². The van der Waals surface area contributed by atoms with E-state index in [0.29, 0.717) is 11.1 Å². The topological polar surface area (TPSA) is 137 Å². The van der Waals surface area contributed by atoms with E-state index in [1.54, 1.807) is 0 Å². The number of fused-ring (bicyclic) bond motifs is 1. The van der Waals surface area contributed by atoms with Crippen molar-refractivity contribution in [1.82, 2.24) is 14.3 Å². The molecule has 0 spiro atoms. The summed E-state index contributed by atoms with van der Waals surface area (Å²) in [7, 11) is -2.28. The van der Waals surface area contributed by atoms with Crippen LogP contribution in [0.3, 0.4) is 0 Å². The number of rotatable bonds is 7. The van der Waals surface area contributed by atoms with Crippen molar-refractivity contribution in [2.24, 2.45) is 0 Å². The Morgan fingerprint density at radius 2 is 1.85 bits per heavy atom. The van der Waals surface area contributed by atoms with Crippen LogP contribution in [0.2, 0.25) is 0 Å². The normalized spacial score (nSPS) is 15.3. The lowest BCUT2D eigenvalue weighted by atomic mass is 10.00. The Labute approximate surface area is 232 Å². The number of anilines is 2. The molecule has 0 saturated carbocycles. The van der Waals surface area contributed by atoms with Crippen molar-refractivity contribution in [3.8, 4) is 6.07 Å². The van der Waals surface area contributed by atoms with Gasteiger partial charge in [-0.3, -0.25) is 4.90 Å². The number of hydrogen-bond donors (Lipinski definition) is 0. The molecule has 216 valence electrons. The SMILES string of the molecule is COC(=O)OC1=C(C)N(c2cccc(C(F)(F)F)c2)c2nn(CCCS(C)(=O)=O)c(=O)n2[C@@H]1c1ccc(C#N)cc1. The minimum atomic E-state index is -4.68. The molecule has 1 atom stereocenters. The number of alkyl halides is 3. The molecule has 0 unspecified atom stereocenters. The fourth-order valence-electron chi connectivity index (χ4n) is 4.42. The number of allylic oxidation sites excluding steroid dienone is 2. The van der Waals surface area contributed by atoms with Gasteiger partial charge in [0.25, 0.3) is 0 Å². The van der Waals surface area contributed by atoms with Crippen molar-refractivity contribution in [3.63, 3.8) is 0 Å². The minimum Gasteiger partial charge on any atom is -0.437 e. The van der Waals surface area contributed by atoms with Crippen molar-refractivity contribution in [2.45, 2.75) is 32.1 Å². The van der Waals surface area contributed by atoms with E-state index in [1.165, 1.54) is 48.2 Å². The van der Waals surface area contributed by atoms with Gasteiger partial charge in [-0.05, 0) is 49.2 Å². The number of nitriles is 1. The number of hydrogen-bond acceptors (Lipinski definition) is 9. The quantitative estimate of drug-likeness (QED) is 0.372. The second-order valence-corrected chi connectivity index (χ2v) is 11.4. The van der Waals surface area contributed by atoms with Crippen LogP contribution < -0.4 is 10.6 Å². The van der Waals surface area contributed by atoms with Crippen LogP contribution in [0, 0.1) is 11.3 Å². The van der Waals surface area contributed by atoms with Gasteiger partial charge in [-0.2, -0.15) is 18.4 Å². The lowest BCUT2D eigenvalue weighted by Crippen LogP contribution is -2.37. The zero-order chi connectivity index (χ0) is 30.1. The Bertz CT molecular complexity index is 1720. The summed E-state index contributed by atoms with van der Waals surface area (Å²) in [6, 6.07) is 11.2. The van der Waals surface area contributed by atoms with Crippen LogP contribution in [0.4, 0.5) is 29.6 Å². The van der Waals surface area contributed by atoms with Crippen LogP contribution in [0.15, 0.2) is 64.8 Å². The Kier molecular flexibility index (Phi) is 7.98. The second-order valence-electron chi connectivity index (χ2n) is 9.18. The van der Waals surface area contributed by atoms with Gasteiger partial charge in [0.1, 0.15) is 15.9 Å². The molecule has 11 nitrogen and oxygen atoms in total. The van der Waals surface area contributed by atoms with Gasteiger partial charge in [0.2, 0.25) is 5.95 Å². The molecule has 1 aliphatic heterocycles. The molecule has 0 saturated heterocycles. The predicted octanol–water partition coefficient (Wildman–Crippen LogP) is 4.13. The highest BCUT2D eigenvalue weighted by Crippen LogP contribution is 2.43. The molecule has 15 heteroatoms. The fraction of sp³-hybridized carbons (Fsp3) is 0.308. The van der Waals surface area contributed by atoms with E-state index in [0.717, 1.165) is 34.7 Å². The molecule has 0 aliphatic carbocycles. The summed E-state index contributed by atoms with van der Waals surface area (Å²) in [6.45, 7) is 1.36. The molecule has 2 heterocycles. The van der Waals surface area contributed by atoms with Crippen molar-refractivity contribution in [2.75, 3.05) is 24.0 Å². The highest BCUT2D eigenvalue weighted by atomic mass is 32.2. The molecule has 1 aromatic heterocycles. The molecule has 4 rings (SSSR count). The summed E-state index contributed by atoms with van der Waals surface area (Å²) in [5, 5.41) is 13.6. The monoisotopic (exact) mass is 591 g/mol. The summed E-state index contributed by atoms with van der Waals surface area (Å²) in [5.41, 5.74) is -0.895. The van der Waals surface area contributed by atoms with Crippen LogP contribution in [-0.4, -0.2) is 48.0 Å². The number of ether oxygens (including phenoxy) is 2. The number of aryl methyl sites for hydroxylation is 1. The molecule has 0 bridgehead atoms. The van der Waals surface area contributed by atoms with E-state index in [9.17, 15) is 36.4 Å². The number of methoxy groups -OCH3 is 1. The maximum atomic E-state index is 13.7. The molecule has 0 N–H and O–H groups in total. The van der Waals surface area contributed by atoms with Crippen molar-refractivity contribution < 1.29 is 35.9 Å². The maximum absolute atomic E-state index is 13.7. The predicted molar refractivity (Wildman–Crippen MR) is 140 cm³/mol. The second kappa shape index (κ2) is 11.1. The minimum absolute atomic E-state index is 0.0314. The smallest absolute Gasteiger partial charge is 0.437 e. The summed E-state index contributed by atoms with van der Waals surface area (Å²) in [4.78, 5) is 27.3. The van der Waals surface area contributed by atoms with Gasteiger partial charge in [0, 0.05) is 18.5 Å². The number of aromatic nitrogens is 3. The summed E-state index contributed by atoms with van der Waals surface area (Å²) in [5.74, 6) is -0.464. The lowest BCUT2D eigenvalue weighted by Gasteiger charge is -2.35.